The zero-order valence-corrected chi connectivity index (χ0v) is 14.3. The van der Waals surface area contributed by atoms with Crippen molar-refractivity contribution in [2.24, 2.45) is 22.7 Å². The van der Waals surface area contributed by atoms with Gasteiger partial charge in [0.2, 0.25) is 0 Å². The predicted molar refractivity (Wildman–Crippen MR) is 91.1 cm³/mol. The minimum Gasteiger partial charge on any atom is -0.393 e. The molecule has 0 aromatic rings. The fourth-order valence-electron chi connectivity index (χ4n) is 4.99. The van der Waals surface area contributed by atoms with Gasteiger partial charge in [-0.15, -0.1) is 0 Å². The normalized spacial score (nSPS) is 39.8. The molecule has 0 aromatic heterocycles. The van der Waals surface area contributed by atoms with Crippen LogP contribution in [0.15, 0.2) is 36.5 Å². The monoisotopic (exact) mass is 288 g/mol. The van der Waals surface area contributed by atoms with E-state index in [1.807, 2.05) is 6.08 Å². The van der Waals surface area contributed by atoms with Gasteiger partial charge in [0.25, 0.3) is 0 Å². The maximum Gasteiger partial charge on any atom is 0.0594 e. The number of aliphatic hydroxyl groups excluding tert-OH is 1. The Balaban J connectivity index is 2.32. The van der Waals surface area contributed by atoms with Gasteiger partial charge in [-0.05, 0) is 61.7 Å². The standard InChI is InChI=1S/C20H32O/c1-7-14(2)8-10-16-15(3)9-11-17-19(4,5)18(21)12-13-20(16,17)6/h7-8,16-18,21H,1,3,9-13H2,2,4-6H3/b14-8+/t16-,17-,18+,20+/m0/s1. The van der Waals surface area contributed by atoms with E-state index in [9.17, 15) is 5.11 Å². The number of fused-ring (bicyclic) bond motifs is 1. The number of allylic oxidation sites excluding steroid dienone is 4. The molecule has 2 rings (SSSR count). The molecular weight excluding hydrogens is 256 g/mol. The molecule has 0 aliphatic heterocycles. The molecule has 21 heavy (non-hydrogen) atoms. The van der Waals surface area contributed by atoms with E-state index in [0.29, 0.717) is 11.8 Å². The maximum atomic E-state index is 10.5. The zero-order valence-electron chi connectivity index (χ0n) is 14.3. The molecule has 1 nitrogen and oxygen atoms in total. The van der Waals surface area contributed by atoms with Crippen LogP contribution < -0.4 is 0 Å². The van der Waals surface area contributed by atoms with Crippen LogP contribution in [0.2, 0.25) is 0 Å². The van der Waals surface area contributed by atoms with Gasteiger partial charge in [-0.2, -0.15) is 0 Å². The molecule has 1 heteroatoms. The Morgan fingerprint density at radius 1 is 1.33 bits per heavy atom. The second kappa shape index (κ2) is 5.76. The van der Waals surface area contributed by atoms with E-state index in [4.69, 9.17) is 0 Å². The van der Waals surface area contributed by atoms with Crippen molar-refractivity contribution in [2.75, 3.05) is 0 Å². The first kappa shape index (κ1) is 16.5. The van der Waals surface area contributed by atoms with Crippen molar-refractivity contribution in [3.8, 4) is 0 Å². The SMILES string of the molecule is C=C/C(C)=C/C[C@H]1C(=C)CC[C@H]2C(C)(C)[C@H](O)CC[C@]12C. The van der Waals surface area contributed by atoms with Crippen LogP contribution in [0.5, 0.6) is 0 Å². The van der Waals surface area contributed by atoms with Crippen molar-refractivity contribution in [1.82, 2.24) is 0 Å². The van der Waals surface area contributed by atoms with Gasteiger partial charge in [-0.25, -0.2) is 0 Å². The number of hydrogen-bond acceptors (Lipinski definition) is 1. The summed E-state index contributed by atoms with van der Waals surface area (Å²) in [7, 11) is 0. The summed E-state index contributed by atoms with van der Waals surface area (Å²) in [5.41, 5.74) is 2.96. The lowest BCUT2D eigenvalue weighted by Crippen LogP contribution is -2.54. The highest BCUT2D eigenvalue weighted by atomic mass is 16.3. The highest BCUT2D eigenvalue weighted by Gasteiger charge is 2.55. The van der Waals surface area contributed by atoms with Crippen molar-refractivity contribution in [1.29, 1.82) is 0 Å². The lowest BCUT2D eigenvalue weighted by molar-refractivity contribution is -0.123. The first-order chi connectivity index (χ1) is 9.73. The van der Waals surface area contributed by atoms with Crippen LogP contribution in [-0.4, -0.2) is 11.2 Å². The van der Waals surface area contributed by atoms with Gasteiger partial charge < -0.3 is 5.11 Å². The topological polar surface area (TPSA) is 20.2 Å². The quantitative estimate of drug-likeness (QED) is 0.553. The highest BCUT2D eigenvalue weighted by molar-refractivity contribution is 5.20. The van der Waals surface area contributed by atoms with Crippen molar-refractivity contribution in [3.63, 3.8) is 0 Å². The van der Waals surface area contributed by atoms with E-state index >= 15 is 0 Å². The number of hydrogen-bond donors (Lipinski definition) is 1. The molecule has 0 heterocycles. The summed E-state index contributed by atoms with van der Waals surface area (Å²) in [5, 5.41) is 10.5. The minimum atomic E-state index is -0.159. The van der Waals surface area contributed by atoms with Gasteiger partial charge in [0, 0.05) is 0 Å². The molecule has 0 unspecified atom stereocenters. The minimum absolute atomic E-state index is 0.0170. The van der Waals surface area contributed by atoms with Crippen LogP contribution in [0.3, 0.4) is 0 Å². The van der Waals surface area contributed by atoms with Crippen LogP contribution >= 0.6 is 0 Å². The van der Waals surface area contributed by atoms with E-state index in [0.717, 1.165) is 25.7 Å². The van der Waals surface area contributed by atoms with Crippen LogP contribution in [0.1, 0.15) is 59.8 Å². The predicted octanol–water partition coefficient (Wildman–Crippen LogP) is 5.28. The van der Waals surface area contributed by atoms with E-state index in [-0.39, 0.29) is 16.9 Å². The molecule has 0 radical (unpaired) electrons. The molecule has 0 aromatic carbocycles. The summed E-state index contributed by atoms with van der Waals surface area (Å²) in [5.74, 6) is 1.12. The summed E-state index contributed by atoms with van der Waals surface area (Å²) >= 11 is 0. The van der Waals surface area contributed by atoms with Crippen molar-refractivity contribution in [3.05, 3.63) is 36.5 Å². The summed E-state index contributed by atoms with van der Waals surface area (Å²) in [6.45, 7) is 17.3. The Morgan fingerprint density at radius 3 is 2.62 bits per heavy atom. The second-order valence-corrected chi connectivity index (χ2v) is 8.07. The van der Waals surface area contributed by atoms with Gasteiger partial charge in [0.1, 0.15) is 0 Å². The van der Waals surface area contributed by atoms with E-state index in [1.54, 1.807) is 0 Å². The molecule has 1 N–H and O–H groups in total. The molecule has 2 aliphatic carbocycles. The second-order valence-electron chi connectivity index (χ2n) is 8.07. The molecule has 0 bridgehead atoms. The molecule has 2 saturated carbocycles. The fourth-order valence-corrected chi connectivity index (χ4v) is 4.99. The third-order valence-electron chi connectivity index (χ3n) is 6.55. The van der Waals surface area contributed by atoms with Gasteiger partial charge in [-0.1, -0.05) is 57.2 Å². The van der Waals surface area contributed by atoms with Crippen LogP contribution in [-0.2, 0) is 0 Å². The van der Waals surface area contributed by atoms with Gasteiger partial charge >= 0.3 is 0 Å². The Labute approximate surface area is 130 Å². The van der Waals surface area contributed by atoms with E-state index < -0.39 is 0 Å². The zero-order chi connectivity index (χ0) is 15.8. The summed E-state index contributed by atoms with van der Waals surface area (Å²) < 4.78 is 0. The number of rotatable bonds is 3. The Kier molecular flexibility index (Phi) is 4.54. The smallest absolute Gasteiger partial charge is 0.0594 e. The van der Waals surface area contributed by atoms with E-state index in [1.165, 1.54) is 17.6 Å². The van der Waals surface area contributed by atoms with Crippen molar-refractivity contribution < 1.29 is 5.11 Å². The molecule has 118 valence electrons. The van der Waals surface area contributed by atoms with Crippen molar-refractivity contribution in [2.45, 2.75) is 65.9 Å². The highest BCUT2D eigenvalue weighted by Crippen LogP contribution is 2.61. The summed E-state index contributed by atoms with van der Waals surface area (Å²) in [6, 6.07) is 0. The maximum absolute atomic E-state index is 10.5. The molecule has 2 fully saturated rings. The lowest BCUT2D eigenvalue weighted by Gasteiger charge is -2.59. The lowest BCUT2D eigenvalue weighted by atomic mass is 9.46. The molecule has 4 atom stereocenters. The third kappa shape index (κ3) is 2.77. The number of aliphatic hydroxyl groups is 1. The van der Waals surface area contributed by atoms with Gasteiger partial charge in [0.05, 0.1) is 6.10 Å². The van der Waals surface area contributed by atoms with E-state index in [2.05, 4.69) is 46.9 Å². The van der Waals surface area contributed by atoms with Crippen LogP contribution in [0.4, 0.5) is 0 Å². The largest absolute Gasteiger partial charge is 0.393 e. The molecule has 2 aliphatic rings. The average Bonchev–Trinajstić information content (AvgIpc) is 2.42. The summed E-state index contributed by atoms with van der Waals surface area (Å²) in [4.78, 5) is 0. The van der Waals surface area contributed by atoms with Crippen molar-refractivity contribution >= 4 is 0 Å². The molecule has 0 saturated heterocycles. The Hall–Kier alpha value is -0.820. The fraction of sp³-hybridized carbons (Fsp3) is 0.700. The van der Waals surface area contributed by atoms with Crippen LogP contribution in [0.25, 0.3) is 0 Å². The average molecular weight is 288 g/mol. The molecule has 0 amide bonds. The first-order valence-corrected chi connectivity index (χ1v) is 8.38. The third-order valence-corrected chi connectivity index (χ3v) is 6.55. The molecule has 0 spiro atoms. The van der Waals surface area contributed by atoms with Gasteiger partial charge in [-0.3, -0.25) is 0 Å². The van der Waals surface area contributed by atoms with Crippen LogP contribution in [0, 0.1) is 22.7 Å². The molecular formula is C20H32O. The first-order valence-electron chi connectivity index (χ1n) is 8.38. The van der Waals surface area contributed by atoms with Gasteiger partial charge in [0.15, 0.2) is 0 Å². The summed E-state index contributed by atoms with van der Waals surface area (Å²) in [6.07, 6.45) is 9.49. The Morgan fingerprint density at radius 2 is 2.00 bits per heavy atom. The Bertz CT molecular complexity index is 456.